The van der Waals surface area contributed by atoms with Gasteiger partial charge >= 0.3 is 0 Å². The number of rotatable bonds is 8. The van der Waals surface area contributed by atoms with E-state index in [0.29, 0.717) is 6.04 Å². The number of thiazole rings is 1. The summed E-state index contributed by atoms with van der Waals surface area (Å²) in [6.45, 7) is 5.52. The van der Waals surface area contributed by atoms with E-state index >= 15 is 0 Å². The van der Waals surface area contributed by atoms with E-state index in [0.717, 1.165) is 6.54 Å². The van der Waals surface area contributed by atoms with Crippen molar-refractivity contribution in [3.05, 3.63) is 15.6 Å². The van der Waals surface area contributed by atoms with Gasteiger partial charge in [0.05, 0.1) is 11.7 Å². The van der Waals surface area contributed by atoms with E-state index in [1.165, 1.54) is 68.5 Å². The standard InChI is InChI=1S/C16H28N2S/c1-3-5-6-7-11-14(17-4-2)16-18-13-10-8-9-12-15(13)19-16/h14,17H,3-12H2,1-2H3. The molecule has 0 aliphatic heterocycles. The minimum absolute atomic E-state index is 0.498. The van der Waals surface area contributed by atoms with Crippen molar-refractivity contribution in [3.63, 3.8) is 0 Å². The molecular weight excluding hydrogens is 252 g/mol. The van der Waals surface area contributed by atoms with Gasteiger partial charge in [0.25, 0.3) is 0 Å². The monoisotopic (exact) mass is 280 g/mol. The molecule has 1 atom stereocenters. The van der Waals surface area contributed by atoms with Crippen LogP contribution in [0.5, 0.6) is 0 Å². The lowest BCUT2D eigenvalue weighted by Crippen LogP contribution is -2.20. The van der Waals surface area contributed by atoms with Crippen LogP contribution in [0.15, 0.2) is 0 Å². The molecule has 0 radical (unpaired) electrons. The molecule has 19 heavy (non-hydrogen) atoms. The molecule has 1 aromatic heterocycles. The molecule has 1 aromatic rings. The lowest BCUT2D eigenvalue weighted by molar-refractivity contribution is 0.479. The van der Waals surface area contributed by atoms with E-state index in [9.17, 15) is 0 Å². The van der Waals surface area contributed by atoms with E-state index in [2.05, 4.69) is 19.2 Å². The second-order valence-electron chi connectivity index (χ2n) is 5.59. The zero-order chi connectivity index (χ0) is 13.5. The maximum atomic E-state index is 4.92. The Hall–Kier alpha value is -0.410. The third kappa shape index (κ3) is 4.28. The first kappa shape index (κ1) is 15.0. The van der Waals surface area contributed by atoms with Gasteiger partial charge in [-0.05, 0) is 38.6 Å². The molecule has 1 N–H and O–H groups in total. The van der Waals surface area contributed by atoms with Gasteiger partial charge in [0.15, 0.2) is 0 Å². The molecule has 0 bridgehead atoms. The number of hydrogen-bond acceptors (Lipinski definition) is 3. The minimum Gasteiger partial charge on any atom is -0.308 e. The molecule has 0 saturated heterocycles. The van der Waals surface area contributed by atoms with Crippen molar-refractivity contribution in [3.8, 4) is 0 Å². The summed E-state index contributed by atoms with van der Waals surface area (Å²) in [4.78, 5) is 6.49. The fourth-order valence-corrected chi connectivity index (χ4v) is 4.12. The Morgan fingerprint density at radius 3 is 2.74 bits per heavy atom. The number of fused-ring (bicyclic) bond motifs is 1. The van der Waals surface area contributed by atoms with Crippen molar-refractivity contribution in [1.82, 2.24) is 10.3 Å². The maximum Gasteiger partial charge on any atom is 0.110 e. The Kier molecular flexibility index (Phi) is 6.32. The van der Waals surface area contributed by atoms with Gasteiger partial charge in [0, 0.05) is 4.88 Å². The first-order valence-electron chi connectivity index (χ1n) is 8.07. The third-order valence-corrected chi connectivity index (χ3v) is 5.23. The van der Waals surface area contributed by atoms with Crippen LogP contribution in [0.1, 0.15) is 80.4 Å². The number of nitrogens with one attached hydrogen (secondary N) is 1. The van der Waals surface area contributed by atoms with Gasteiger partial charge in [-0.15, -0.1) is 11.3 Å². The quantitative estimate of drug-likeness (QED) is 0.702. The molecule has 0 amide bonds. The Morgan fingerprint density at radius 1 is 1.16 bits per heavy atom. The Labute approximate surface area is 122 Å². The smallest absolute Gasteiger partial charge is 0.110 e. The molecule has 0 aromatic carbocycles. The van der Waals surface area contributed by atoms with Gasteiger partial charge in [-0.1, -0.05) is 39.5 Å². The molecule has 108 valence electrons. The second kappa shape index (κ2) is 8.01. The van der Waals surface area contributed by atoms with Crippen LogP contribution in [0, 0.1) is 0 Å². The second-order valence-corrected chi connectivity index (χ2v) is 6.70. The van der Waals surface area contributed by atoms with Gasteiger partial charge in [-0.25, -0.2) is 4.98 Å². The average Bonchev–Trinajstić information content (AvgIpc) is 2.86. The van der Waals surface area contributed by atoms with E-state index in [1.54, 1.807) is 4.88 Å². The van der Waals surface area contributed by atoms with Crippen LogP contribution in [0.3, 0.4) is 0 Å². The highest BCUT2D eigenvalue weighted by Crippen LogP contribution is 2.31. The summed E-state index contributed by atoms with van der Waals surface area (Å²) in [6.07, 6.45) is 11.8. The predicted octanol–water partition coefficient (Wildman–Crippen LogP) is 4.64. The lowest BCUT2D eigenvalue weighted by atomic mass is 10.0. The zero-order valence-electron chi connectivity index (χ0n) is 12.5. The predicted molar refractivity (Wildman–Crippen MR) is 83.9 cm³/mol. The normalized spacial score (nSPS) is 16.3. The Bertz CT molecular complexity index is 349. The fourth-order valence-electron chi connectivity index (χ4n) is 2.86. The molecule has 1 heterocycles. The number of aromatic nitrogens is 1. The van der Waals surface area contributed by atoms with Crippen LogP contribution < -0.4 is 5.32 Å². The number of hydrogen-bond donors (Lipinski definition) is 1. The Balaban J connectivity index is 1.95. The first-order valence-corrected chi connectivity index (χ1v) is 8.88. The van der Waals surface area contributed by atoms with Crippen LogP contribution >= 0.6 is 11.3 Å². The molecule has 2 nitrogen and oxygen atoms in total. The van der Waals surface area contributed by atoms with Crippen molar-refractivity contribution in [1.29, 1.82) is 0 Å². The molecular formula is C16H28N2S. The Morgan fingerprint density at radius 2 is 2.00 bits per heavy atom. The van der Waals surface area contributed by atoms with Crippen molar-refractivity contribution >= 4 is 11.3 Å². The fraction of sp³-hybridized carbons (Fsp3) is 0.812. The molecule has 0 fully saturated rings. The molecule has 1 aliphatic rings. The van der Waals surface area contributed by atoms with E-state index in [-0.39, 0.29) is 0 Å². The highest BCUT2D eigenvalue weighted by atomic mass is 32.1. The van der Waals surface area contributed by atoms with E-state index in [1.807, 2.05) is 11.3 Å². The van der Waals surface area contributed by atoms with Crippen molar-refractivity contribution in [2.75, 3.05) is 6.54 Å². The summed E-state index contributed by atoms with van der Waals surface area (Å²) in [5.41, 5.74) is 1.41. The van der Waals surface area contributed by atoms with Crippen LogP contribution in [-0.2, 0) is 12.8 Å². The van der Waals surface area contributed by atoms with Gasteiger partial charge in [0.1, 0.15) is 5.01 Å². The van der Waals surface area contributed by atoms with Gasteiger partial charge < -0.3 is 5.32 Å². The zero-order valence-corrected chi connectivity index (χ0v) is 13.3. The molecule has 1 aliphatic carbocycles. The van der Waals surface area contributed by atoms with Crippen molar-refractivity contribution in [2.45, 2.75) is 77.7 Å². The van der Waals surface area contributed by atoms with Gasteiger partial charge in [-0.2, -0.15) is 0 Å². The van der Waals surface area contributed by atoms with Crippen molar-refractivity contribution < 1.29 is 0 Å². The summed E-state index contributed by atoms with van der Waals surface area (Å²) in [6, 6.07) is 0.498. The van der Waals surface area contributed by atoms with Gasteiger partial charge in [0.2, 0.25) is 0 Å². The molecule has 0 saturated carbocycles. The van der Waals surface area contributed by atoms with Crippen LogP contribution in [0.25, 0.3) is 0 Å². The topological polar surface area (TPSA) is 24.9 Å². The summed E-state index contributed by atoms with van der Waals surface area (Å²) in [5.74, 6) is 0. The highest BCUT2D eigenvalue weighted by Gasteiger charge is 2.20. The molecule has 1 unspecified atom stereocenters. The number of aryl methyl sites for hydroxylation is 2. The molecule has 0 spiro atoms. The van der Waals surface area contributed by atoms with E-state index in [4.69, 9.17) is 4.98 Å². The summed E-state index contributed by atoms with van der Waals surface area (Å²) >= 11 is 1.97. The van der Waals surface area contributed by atoms with Crippen LogP contribution in [0.4, 0.5) is 0 Å². The van der Waals surface area contributed by atoms with Crippen molar-refractivity contribution in [2.24, 2.45) is 0 Å². The summed E-state index contributed by atoms with van der Waals surface area (Å²) in [7, 11) is 0. The number of unbranched alkanes of at least 4 members (excludes halogenated alkanes) is 3. The van der Waals surface area contributed by atoms with Crippen LogP contribution in [0.2, 0.25) is 0 Å². The lowest BCUT2D eigenvalue weighted by Gasteiger charge is -2.15. The summed E-state index contributed by atoms with van der Waals surface area (Å²) < 4.78 is 0. The SMILES string of the molecule is CCCCCCC(NCC)c1nc2c(s1)CCCC2. The maximum absolute atomic E-state index is 4.92. The highest BCUT2D eigenvalue weighted by molar-refractivity contribution is 7.11. The van der Waals surface area contributed by atoms with Crippen LogP contribution in [-0.4, -0.2) is 11.5 Å². The minimum atomic E-state index is 0.498. The third-order valence-electron chi connectivity index (χ3n) is 3.96. The average molecular weight is 280 g/mol. The molecule has 3 heteroatoms. The first-order chi connectivity index (χ1) is 9.35. The largest absolute Gasteiger partial charge is 0.308 e. The molecule has 2 rings (SSSR count). The van der Waals surface area contributed by atoms with E-state index < -0.39 is 0 Å². The number of nitrogens with zero attached hydrogens (tertiary/aromatic N) is 1. The van der Waals surface area contributed by atoms with Gasteiger partial charge in [-0.3, -0.25) is 0 Å². The summed E-state index contributed by atoms with van der Waals surface area (Å²) in [5, 5.41) is 4.98.